The first kappa shape index (κ1) is 37.9. The van der Waals surface area contributed by atoms with E-state index >= 15 is 0 Å². The summed E-state index contributed by atoms with van der Waals surface area (Å²) in [5.41, 5.74) is 14.9. The Morgan fingerprint density at radius 3 is 0.636 bits per heavy atom. The number of fused-ring (bicyclic) bond motifs is 7. The predicted molar refractivity (Wildman–Crippen MR) is 284 cm³/mol. The molecule has 13 aromatic rings. The maximum atomic E-state index is 2.38. The molecule has 0 heteroatoms. The van der Waals surface area contributed by atoms with Crippen LogP contribution in [-0.2, 0) is 0 Å². The second-order valence-corrected chi connectivity index (χ2v) is 17.5. The van der Waals surface area contributed by atoms with Crippen molar-refractivity contribution < 1.29 is 0 Å². The van der Waals surface area contributed by atoms with E-state index in [1.165, 1.54) is 131 Å². The summed E-state index contributed by atoms with van der Waals surface area (Å²) < 4.78 is 0. The molecule has 0 nitrogen and oxygen atoms in total. The average molecular weight is 835 g/mol. The first-order chi connectivity index (χ1) is 32.7. The Hall–Kier alpha value is -8.58. The van der Waals surface area contributed by atoms with Crippen molar-refractivity contribution in [3.63, 3.8) is 0 Å². The van der Waals surface area contributed by atoms with E-state index in [-0.39, 0.29) is 0 Å². The topological polar surface area (TPSA) is 0 Å². The molecule has 0 aliphatic carbocycles. The summed E-state index contributed by atoms with van der Waals surface area (Å²) in [6.07, 6.45) is 0. The molecule has 0 unspecified atom stereocenters. The normalized spacial score (nSPS) is 11.6. The molecular formula is C66H42. The fourth-order valence-corrected chi connectivity index (χ4v) is 10.8. The maximum absolute atomic E-state index is 2.38. The quantitative estimate of drug-likeness (QED) is 0.116. The van der Waals surface area contributed by atoms with E-state index in [1.807, 2.05) is 0 Å². The van der Waals surface area contributed by atoms with E-state index < -0.39 is 0 Å². The molecule has 13 aromatic carbocycles. The van der Waals surface area contributed by atoms with Crippen molar-refractivity contribution in [2.24, 2.45) is 0 Å². The van der Waals surface area contributed by atoms with Gasteiger partial charge in [0.25, 0.3) is 0 Å². The Morgan fingerprint density at radius 2 is 0.348 bits per heavy atom. The molecular weight excluding hydrogens is 793 g/mol. The SMILES string of the molecule is c1ccc(-c2c3ccccc3c(-c3ccc(-c4ccc5ccc6ccc(-c7ccc(-c8c9ccccc9c(-c9ccccc9)c9ccccc89)cc7)cc6c5c4)cc3)c3ccccc23)cc1. The number of hydrogen-bond donors (Lipinski definition) is 0. The van der Waals surface area contributed by atoms with Gasteiger partial charge in [-0.15, -0.1) is 0 Å². The third-order valence-corrected chi connectivity index (χ3v) is 13.8. The summed E-state index contributed by atoms with van der Waals surface area (Å²) in [6, 6.07) is 93.9. The minimum Gasteiger partial charge on any atom is -0.0622 e. The highest BCUT2D eigenvalue weighted by molar-refractivity contribution is 6.23. The summed E-state index contributed by atoms with van der Waals surface area (Å²) in [5, 5.41) is 15.2. The maximum Gasteiger partial charge on any atom is -0.00264 e. The Balaban J connectivity index is 0.876. The van der Waals surface area contributed by atoms with E-state index in [1.54, 1.807) is 0 Å². The highest BCUT2D eigenvalue weighted by Gasteiger charge is 2.18. The van der Waals surface area contributed by atoms with Crippen LogP contribution in [0.4, 0.5) is 0 Å². The van der Waals surface area contributed by atoms with Crippen LogP contribution in [0, 0.1) is 0 Å². The molecule has 0 bridgehead atoms. The van der Waals surface area contributed by atoms with Crippen LogP contribution >= 0.6 is 0 Å². The van der Waals surface area contributed by atoms with Gasteiger partial charge in [0, 0.05) is 0 Å². The van der Waals surface area contributed by atoms with E-state index in [0.29, 0.717) is 0 Å². The van der Waals surface area contributed by atoms with Gasteiger partial charge in [-0.2, -0.15) is 0 Å². The van der Waals surface area contributed by atoms with E-state index in [2.05, 4.69) is 255 Å². The highest BCUT2D eigenvalue weighted by Crippen LogP contribution is 2.46. The van der Waals surface area contributed by atoms with Crippen LogP contribution in [0.15, 0.2) is 255 Å². The van der Waals surface area contributed by atoms with Crippen molar-refractivity contribution in [2.75, 3.05) is 0 Å². The van der Waals surface area contributed by atoms with Gasteiger partial charge in [-0.25, -0.2) is 0 Å². The van der Waals surface area contributed by atoms with Crippen molar-refractivity contribution >= 4 is 64.6 Å². The van der Waals surface area contributed by atoms with Crippen molar-refractivity contribution in [2.45, 2.75) is 0 Å². The second-order valence-electron chi connectivity index (χ2n) is 17.5. The first-order valence-electron chi connectivity index (χ1n) is 22.9. The van der Waals surface area contributed by atoms with Gasteiger partial charge in [-0.05, 0) is 144 Å². The molecule has 0 atom stereocenters. The van der Waals surface area contributed by atoms with Gasteiger partial charge < -0.3 is 0 Å². The van der Waals surface area contributed by atoms with E-state index in [0.717, 1.165) is 0 Å². The number of benzene rings is 13. The first-order valence-corrected chi connectivity index (χ1v) is 22.9. The largest absolute Gasteiger partial charge is 0.0622 e. The summed E-state index contributed by atoms with van der Waals surface area (Å²) in [6.45, 7) is 0. The smallest absolute Gasteiger partial charge is 0.00264 e. The lowest BCUT2D eigenvalue weighted by atomic mass is 9.85. The molecule has 0 fully saturated rings. The molecule has 0 aliphatic heterocycles. The van der Waals surface area contributed by atoms with Gasteiger partial charge in [0.05, 0.1) is 0 Å². The van der Waals surface area contributed by atoms with Crippen LogP contribution in [0.3, 0.4) is 0 Å². The fourth-order valence-electron chi connectivity index (χ4n) is 10.8. The number of rotatable bonds is 6. The summed E-state index contributed by atoms with van der Waals surface area (Å²) in [4.78, 5) is 0. The van der Waals surface area contributed by atoms with Gasteiger partial charge in [0.2, 0.25) is 0 Å². The van der Waals surface area contributed by atoms with Crippen LogP contribution in [0.5, 0.6) is 0 Å². The van der Waals surface area contributed by atoms with Gasteiger partial charge in [0.1, 0.15) is 0 Å². The monoisotopic (exact) mass is 834 g/mol. The second kappa shape index (κ2) is 15.6. The molecule has 0 amide bonds. The zero-order chi connectivity index (χ0) is 43.6. The Kier molecular flexibility index (Phi) is 8.96. The van der Waals surface area contributed by atoms with Gasteiger partial charge >= 0.3 is 0 Å². The zero-order valence-electron chi connectivity index (χ0n) is 36.2. The van der Waals surface area contributed by atoms with Crippen molar-refractivity contribution in [1.82, 2.24) is 0 Å². The molecule has 0 saturated carbocycles. The standard InChI is InChI=1S/C66H42/c1-3-15-47(16-4-1)63-53-19-7-11-23-57(53)65(58-24-12-8-20-54(58)63)49-35-27-43(28-36-49)51-39-33-45-31-32-46-34-40-52(42-62(46)61(45)41-51)44-29-37-50(38-30-44)66-59-25-13-9-21-55(59)64(48-17-5-2-6-18-48)56-22-10-14-26-60(56)66/h1-42H. The molecule has 0 radical (unpaired) electrons. The summed E-state index contributed by atoms with van der Waals surface area (Å²) in [7, 11) is 0. The Bertz CT molecular complexity index is 3610. The van der Waals surface area contributed by atoms with Crippen LogP contribution in [0.1, 0.15) is 0 Å². The Morgan fingerprint density at radius 1 is 0.136 bits per heavy atom. The third-order valence-electron chi connectivity index (χ3n) is 13.8. The lowest BCUT2D eigenvalue weighted by Crippen LogP contribution is -1.91. The lowest BCUT2D eigenvalue weighted by Gasteiger charge is -2.18. The highest BCUT2D eigenvalue weighted by atomic mass is 14.2. The molecule has 0 saturated heterocycles. The summed E-state index contributed by atoms with van der Waals surface area (Å²) >= 11 is 0. The fraction of sp³-hybridized carbons (Fsp3) is 0. The lowest BCUT2D eigenvalue weighted by molar-refractivity contribution is 1.62. The van der Waals surface area contributed by atoms with Crippen LogP contribution < -0.4 is 0 Å². The van der Waals surface area contributed by atoms with Gasteiger partial charge in [-0.1, -0.05) is 243 Å². The molecule has 66 heavy (non-hydrogen) atoms. The predicted octanol–water partition coefficient (Wildman–Crippen LogP) is 18.6. The minimum absolute atomic E-state index is 1.20. The zero-order valence-corrected chi connectivity index (χ0v) is 36.2. The van der Waals surface area contributed by atoms with Crippen molar-refractivity contribution in [3.05, 3.63) is 255 Å². The average Bonchev–Trinajstić information content (AvgIpc) is 3.39. The van der Waals surface area contributed by atoms with Crippen molar-refractivity contribution in [1.29, 1.82) is 0 Å². The third kappa shape index (κ3) is 6.22. The van der Waals surface area contributed by atoms with Crippen LogP contribution in [0.25, 0.3) is 131 Å². The van der Waals surface area contributed by atoms with Crippen LogP contribution in [-0.4, -0.2) is 0 Å². The van der Waals surface area contributed by atoms with Crippen molar-refractivity contribution in [3.8, 4) is 66.8 Å². The molecule has 0 aliphatic rings. The van der Waals surface area contributed by atoms with E-state index in [4.69, 9.17) is 0 Å². The molecule has 306 valence electrons. The van der Waals surface area contributed by atoms with E-state index in [9.17, 15) is 0 Å². The molecule has 0 spiro atoms. The number of hydrogen-bond acceptors (Lipinski definition) is 0. The van der Waals surface area contributed by atoms with Gasteiger partial charge in [-0.3, -0.25) is 0 Å². The molecule has 0 heterocycles. The molecule has 13 rings (SSSR count). The van der Waals surface area contributed by atoms with Crippen LogP contribution in [0.2, 0.25) is 0 Å². The van der Waals surface area contributed by atoms with Gasteiger partial charge in [0.15, 0.2) is 0 Å². The Labute approximate surface area is 384 Å². The summed E-state index contributed by atoms with van der Waals surface area (Å²) in [5.74, 6) is 0. The minimum atomic E-state index is 1.20. The molecule has 0 aromatic heterocycles. The molecule has 0 N–H and O–H groups in total.